The maximum atomic E-state index is 13.8. The quantitative estimate of drug-likeness (QED) is 0.426. The number of fused-ring (bicyclic) bond motifs is 1. The molecule has 0 unspecified atom stereocenters. The highest BCUT2D eigenvalue weighted by Crippen LogP contribution is 2.37. The van der Waals surface area contributed by atoms with Crippen molar-refractivity contribution in [3.05, 3.63) is 35.2 Å². The van der Waals surface area contributed by atoms with Gasteiger partial charge in [0.05, 0.1) is 17.5 Å². The van der Waals surface area contributed by atoms with Gasteiger partial charge in [0.1, 0.15) is 17.0 Å². The van der Waals surface area contributed by atoms with Gasteiger partial charge in [-0.15, -0.1) is 12.4 Å². The largest absolute Gasteiger partial charge is 0.494 e. The third kappa shape index (κ3) is 5.24. The maximum Gasteiger partial charge on any atom is 0.278 e. The number of ether oxygens (including phenoxy) is 1. The molecule has 1 aromatic carbocycles. The van der Waals surface area contributed by atoms with Gasteiger partial charge in [-0.1, -0.05) is 31.3 Å². The van der Waals surface area contributed by atoms with Gasteiger partial charge in [-0.2, -0.15) is 5.10 Å². The summed E-state index contributed by atoms with van der Waals surface area (Å²) in [6.45, 7) is 15.5. The first kappa shape index (κ1) is 26.1. The summed E-state index contributed by atoms with van der Waals surface area (Å²) in [7, 11) is 1.65. The van der Waals surface area contributed by atoms with E-state index in [4.69, 9.17) is 9.72 Å². The second-order valence-electron chi connectivity index (χ2n) is 7.95. The maximum absolute atomic E-state index is 13.8. The van der Waals surface area contributed by atoms with Crippen LogP contribution < -0.4 is 9.64 Å². The zero-order valence-electron chi connectivity index (χ0n) is 20.0. The fourth-order valence-electron chi connectivity index (χ4n) is 3.65. The number of amides is 1. The predicted molar refractivity (Wildman–Crippen MR) is 135 cm³/mol. The van der Waals surface area contributed by atoms with Crippen molar-refractivity contribution in [1.29, 1.82) is 0 Å². The van der Waals surface area contributed by atoms with Gasteiger partial charge in [0.2, 0.25) is 0 Å². The van der Waals surface area contributed by atoms with E-state index in [2.05, 4.69) is 30.8 Å². The summed E-state index contributed by atoms with van der Waals surface area (Å²) in [4.78, 5) is 22.7. The number of hydrogen-bond acceptors (Lipinski definition) is 6. The molecule has 0 atom stereocenters. The van der Waals surface area contributed by atoms with Crippen LogP contribution in [-0.2, 0) is 0 Å². The molecule has 2 aromatic heterocycles. The lowest BCUT2D eigenvalue weighted by atomic mass is 10.2. The summed E-state index contributed by atoms with van der Waals surface area (Å²) >= 11 is 1.54. The van der Waals surface area contributed by atoms with Crippen molar-refractivity contribution in [3.63, 3.8) is 0 Å². The summed E-state index contributed by atoms with van der Waals surface area (Å²) in [6, 6.07) is 5.92. The van der Waals surface area contributed by atoms with Crippen molar-refractivity contribution in [1.82, 2.24) is 19.7 Å². The van der Waals surface area contributed by atoms with E-state index in [0.29, 0.717) is 17.4 Å². The number of halogens is 1. The van der Waals surface area contributed by atoms with Crippen LogP contribution in [0.5, 0.6) is 5.75 Å². The number of methoxy groups -OCH3 is 1. The average molecular weight is 480 g/mol. The van der Waals surface area contributed by atoms with Gasteiger partial charge in [0.25, 0.3) is 5.91 Å². The number of hydrogen-bond donors (Lipinski definition) is 0. The molecule has 0 bridgehead atoms. The molecule has 0 saturated carbocycles. The highest BCUT2D eigenvalue weighted by molar-refractivity contribution is 7.22. The number of rotatable bonds is 9. The van der Waals surface area contributed by atoms with E-state index >= 15 is 0 Å². The van der Waals surface area contributed by atoms with Crippen LogP contribution in [0, 0.1) is 13.8 Å². The van der Waals surface area contributed by atoms with Crippen molar-refractivity contribution < 1.29 is 9.53 Å². The van der Waals surface area contributed by atoms with E-state index in [1.807, 2.05) is 39.0 Å². The average Bonchev–Trinajstić information content (AvgIpc) is 3.36. The highest BCUT2D eigenvalue weighted by atomic mass is 35.5. The highest BCUT2D eigenvalue weighted by Gasteiger charge is 2.27. The number of aryl methyl sites for hydroxylation is 2. The summed E-state index contributed by atoms with van der Waals surface area (Å²) in [6.07, 6.45) is 0. The molecule has 0 aliphatic rings. The molecule has 0 N–H and O–H groups in total. The fraction of sp³-hybridized carbons (Fsp3) is 0.522. The lowest BCUT2D eigenvalue weighted by Crippen LogP contribution is -2.39. The van der Waals surface area contributed by atoms with Crippen LogP contribution in [-0.4, -0.2) is 58.9 Å². The number of carbonyl (C=O) groups is 1. The summed E-state index contributed by atoms with van der Waals surface area (Å²) in [5, 5.41) is 5.23. The second-order valence-corrected chi connectivity index (χ2v) is 8.93. The van der Waals surface area contributed by atoms with Gasteiger partial charge in [-0.3, -0.25) is 14.4 Å². The molecule has 2 heterocycles. The Bertz CT molecular complexity index is 1060. The molecule has 7 nitrogen and oxygen atoms in total. The van der Waals surface area contributed by atoms with Crippen LogP contribution in [0.25, 0.3) is 10.2 Å². The molecule has 0 aliphatic heterocycles. The SMILES string of the molecule is CCN(CC)CCN(C(=O)c1cc(C)nn1C(C)C)c1nc2c(OC)ccc(C)c2s1.Cl. The van der Waals surface area contributed by atoms with Crippen molar-refractivity contribution in [2.24, 2.45) is 0 Å². The number of thiazole rings is 1. The van der Waals surface area contributed by atoms with Crippen molar-refractivity contribution >= 4 is 45.0 Å². The minimum atomic E-state index is -0.0721. The first-order valence-corrected chi connectivity index (χ1v) is 11.7. The Hall–Kier alpha value is -2.16. The Labute approximate surface area is 200 Å². The van der Waals surface area contributed by atoms with Crippen molar-refractivity contribution in [2.45, 2.75) is 47.6 Å². The van der Waals surface area contributed by atoms with E-state index in [9.17, 15) is 4.79 Å². The zero-order valence-corrected chi connectivity index (χ0v) is 21.6. The van der Waals surface area contributed by atoms with Crippen LogP contribution in [0.3, 0.4) is 0 Å². The Morgan fingerprint density at radius 2 is 1.88 bits per heavy atom. The van der Waals surface area contributed by atoms with Crippen LogP contribution >= 0.6 is 23.7 Å². The van der Waals surface area contributed by atoms with Gasteiger partial charge in [0, 0.05) is 19.1 Å². The number of nitrogens with zero attached hydrogens (tertiary/aromatic N) is 5. The third-order valence-electron chi connectivity index (χ3n) is 5.49. The predicted octanol–water partition coefficient (Wildman–Crippen LogP) is 5.11. The number of likely N-dealkylation sites (N-methyl/N-ethyl adjacent to an activating group) is 1. The van der Waals surface area contributed by atoms with Crippen LogP contribution in [0.15, 0.2) is 18.2 Å². The molecule has 0 fully saturated rings. The third-order valence-corrected chi connectivity index (χ3v) is 6.70. The molecule has 0 aliphatic carbocycles. The monoisotopic (exact) mass is 479 g/mol. The number of aromatic nitrogens is 3. The van der Waals surface area contributed by atoms with Crippen LogP contribution in [0.4, 0.5) is 5.13 Å². The number of carbonyl (C=O) groups excluding carboxylic acids is 1. The first-order chi connectivity index (χ1) is 14.8. The van der Waals surface area contributed by atoms with E-state index in [0.717, 1.165) is 46.9 Å². The molecular formula is C23H34ClN5O2S. The lowest BCUT2D eigenvalue weighted by Gasteiger charge is -2.25. The summed E-state index contributed by atoms with van der Waals surface area (Å²) in [5.41, 5.74) is 3.35. The first-order valence-electron chi connectivity index (χ1n) is 10.8. The van der Waals surface area contributed by atoms with E-state index in [1.54, 1.807) is 16.7 Å². The van der Waals surface area contributed by atoms with Crippen molar-refractivity contribution in [3.8, 4) is 5.75 Å². The summed E-state index contributed by atoms with van der Waals surface area (Å²) in [5.74, 6) is 0.652. The molecule has 3 rings (SSSR count). The minimum Gasteiger partial charge on any atom is -0.494 e. The topological polar surface area (TPSA) is 63.5 Å². The Morgan fingerprint density at radius 1 is 1.19 bits per heavy atom. The van der Waals surface area contributed by atoms with Crippen LogP contribution in [0.2, 0.25) is 0 Å². The van der Waals surface area contributed by atoms with E-state index < -0.39 is 0 Å². The van der Waals surface area contributed by atoms with Gasteiger partial charge >= 0.3 is 0 Å². The Morgan fingerprint density at radius 3 is 2.47 bits per heavy atom. The molecule has 0 spiro atoms. The molecule has 32 heavy (non-hydrogen) atoms. The van der Waals surface area contributed by atoms with Gasteiger partial charge < -0.3 is 9.64 Å². The fourth-order valence-corrected chi connectivity index (χ4v) is 4.73. The van der Waals surface area contributed by atoms with Crippen LogP contribution in [0.1, 0.15) is 55.5 Å². The van der Waals surface area contributed by atoms with Gasteiger partial charge in [-0.05, 0) is 58.5 Å². The minimum absolute atomic E-state index is 0. The Balaban J connectivity index is 0.00000363. The zero-order chi connectivity index (χ0) is 22.7. The molecular weight excluding hydrogens is 446 g/mol. The molecule has 9 heteroatoms. The smallest absolute Gasteiger partial charge is 0.278 e. The van der Waals surface area contributed by atoms with Crippen molar-refractivity contribution in [2.75, 3.05) is 38.2 Å². The van der Waals surface area contributed by atoms with Gasteiger partial charge in [-0.25, -0.2) is 4.98 Å². The molecule has 3 aromatic rings. The number of anilines is 1. The Kier molecular flexibility index (Phi) is 9.07. The van der Waals surface area contributed by atoms with E-state index in [1.165, 1.54) is 11.3 Å². The van der Waals surface area contributed by atoms with E-state index in [-0.39, 0.29) is 24.4 Å². The summed E-state index contributed by atoms with van der Waals surface area (Å²) < 4.78 is 8.38. The molecule has 1 amide bonds. The standard InChI is InChI=1S/C23H33N5O2S.ClH/c1-8-26(9-2)12-13-27(22(29)18-14-17(6)25-28(18)15(3)4)23-24-20-19(30-7)11-10-16(5)21(20)31-23;/h10-11,14-15H,8-9,12-13H2,1-7H3;1H. The molecule has 176 valence electrons. The number of benzene rings is 1. The lowest BCUT2D eigenvalue weighted by molar-refractivity contribution is 0.0971. The van der Waals surface area contributed by atoms with Gasteiger partial charge in [0.15, 0.2) is 5.13 Å². The normalized spacial score (nSPS) is 11.3. The molecule has 0 saturated heterocycles. The second kappa shape index (κ2) is 11.1. The molecule has 0 radical (unpaired) electrons.